The Labute approximate surface area is 170 Å². The number of rotatable bonds is 6. The molecule has 150 valence electrons. The van der Waals surface area contributed by atoms with Crippen molar-refractivity contribution in [1.82, 2.24) is 15.8 Å². The molecule has 2 N–H and O–H groups in total. The Balaban J connectivity index is 1.72. The monoisotopic (exact) mass is 391 g/mol. The minimum absolute atomic E-state index is 0.367. The van der Waals surface area contributed by atoms with Crippen molar-refractivity contribution in [2.24, 2.45) is 0 Å². The van der Waals surface area contributed by atoms with Gasteiger partial charge in [0.15, 0.2) is 0 Å². The number of carbonyl (C=O) groups excluding carboxylic acids is 3. The Kier molecular flexibility index (Phi) is 5.82. The van der Waals surface area contributed by atoms with Crippen LogP contribution in [0.1, 0.15) is 49.8 Å². The highest BCUT2D eigenvalue weighted by atomic mass is 16.2. The first-order valence-electron chi connectivity index (χ1n) is 9.68. The van der Waals surface area contributed by atoms with Gasteiger partial charge in [0, 0.05) is 6.08 Å². The van der Waals surface area contributed by atoms with Gasteiger partial charge < -0.3 is 5.32 Å². The molecule has 6 nitrogen and oxygen atoms in total. The van der Waals surface area contributed by atoms with Crippen molar-refractivity contribution in [3.8, 4) is 0 Å². The van der Waals surface area contributed by atoms with E-state index < -0.39 is 23.4 Å². The minimum Gasteiger partial charge on any atom is -0.318 e. The fraction of sp³-hybridized carbons (Fsp3) is 0.261. The van der Waals surface area contributed by atoms with Crippen molar-refractivity contribution in [2.45, 2.75) is 38.6 Å². The molecular formula is C23H25N3O3. The molecule has 1 heterocycles. The summed E-state index contributed by atoms with van der Waals surface area (Å²) in [6.07, 6.45) is 3.31. The molecule has 0 bridgehead atoms. The standard InChI is InChI=1S/C23H25N3O3/c1-4-23(19-8-6-5-7-9-19)21(28)26(22(29)24-23)25-20(27)15-12-17-10-13-18(14-11-17)16(2)3/h5-16H,4H2,1-3H3,(H,24,29)(H,25,27)/b15-12+/t23-/m0/s1. The Morgan fingerprint density at radius 2 is 1.76 bits per heavy atom. The fourth-order valence-electron chi connectivity index (χ4n) is 3.35. The summed E-state index contributed by atoms with van der Waals surface area (Å²) < 4.78 is 0. The molecule has 0 radical (unpaired) electrons. The molecule has 0 saturated carbocycles. The highest BCUT2D eigenvalue weighted by molar-refractivity contribution is 6.09. The Morgan fingerprint density at radius 3 is 2.34 bits per heavy atom. The van der Waals surface area contributed by atoms with Gasteiger partial charge in [-0.25, -0.2) is 4.79 Å². The summed E-state index contributed by atoms with van der Waals surface area (Å²) in [5.41, 5.74) is 3.95. The van der Waals surface area contributed by atoms with Gasteiger partial charge in [-0.3, -0.25) is 15.0 Å². The summed E-state index contributed by atoms with van der Waals surface area (Å²) in [7, 11) is 0. The van der Waals surface area contributed by atoms with Gasteiger partial charge in [-0.05, 0) is 35.1 Å². The van der Waals surface area contributed by atoms with Crippen molar-refractivity contribution < 1.29 is 14.4 Å². The topological polar surface area (TPSA) is 78.5 Å². The van der Waals surface area contributed by atoms with Crippen LogP contribution >= 0.6 is 0 Å². The number of imide groups is 1. The lowest BCUT2D eigenvalue weighted by Crippen LogP contribution is -2.48. The summed E-state index contributed by atoms with van der Waals surface area (Å²) in [6.45, 7) is 6.04. The van der Waals surface area contributed by atoms with E-state index in [4.69, 9.17) is 0 Å². The van der Waals surface area contributed by atoms with Crippen LogP contribution in [0.25, 0.3) is 6.08 Å². The maximum Gasteiger partial charge on any atom is 0.344 e. The van der Waals surface area contributed by atoms with Crippen molar-refractivity contribution in [2.75, 3.05) is 0 Å². The zero-order valence-corrected chi connectivity index (χ0v) is 16.8. The SMILES string of the molecule is CC[C@@]1(c2ccccc2)NC(=O)N(NC(=O)/C=C/c2ccc(C(C)C)cc2)C1=O. The summed E-state index contributed by atoms with van der Waals surface area (Å²) in [5, 5.41) is 3.48. The first-order valence-corrected chi connectivity index (χ1v) is 9.68. The van der Waals surface area contributed by atoms with E-state index in [1.807, 2.05) is 37.3 Å². The Bertz CT molecular complexity index is 936. The van der Waals surface area contributed by atoms with Gasteiger partial charge in [0.2, 0.25) is 0 Å². The molecular weight excluding hydrogens is 366 g/mol. The van der Waals surface area contributed by atoms with E-state index in [0.717, 1.165) is 10.6 Å². The quantitative estimate of drug-likeness (QED) is 0.582. The highest BCUT2D eigenvalue weighted by Crippen LogP contribution is 2.31. The fourth-order valence-corrected chi connectivity index (χ4v) is 3.35. The van der Waals surface area contributed by atoms with E-state index in [2.05, 4.69) is 24.6 Å². The number of nitrogens with zero attached hydrogens (tertiary/aromatic N) is 1. The average molecular weight is 391 g/mol. The molecule has 29 heavy (non-hydrogen) atoms. The molecule has 1 fully saturated rings. The molecule has 2 aromatic rings. The number of hydrogen-bond acceptors (Lipinski definition) is 3. The highest BCUT2D eigenvalue weighted by Gasteiger charge is 2.52. The third-order valence-corrected chi connectivity index (χ3v) is 5.14. The van der Waals surface area contributed by atoms with E-state index >= 15 is 0 Å². The molecule has 1 saturated heterocycles. The van der Waals surface area contributed by atoms with Crippen molar-refractivity contribution in [3.05, 3.63) is 77.4 Å². The van der Waals surface area contributed by atoms with Gasteiger partial charge in [-0.1, -0.05) is 75.4 Å². The maximum absolute atomic E-state index is 13.0. The largest absolute Gasteiger partial charge is 0.344 e. The molecule has 0 unspecified atom stereocenters. The summed E-state index contributed by atoms with van der Waals surface area (Å²) in [6, 6.07) is 16.2. The molecule has 1 aliphatic rings. The lowest BCUT2D eigenvalue weighted by Gasteiger charge is -2.25. The van der Waals surface area contributed by atoms with Crippen LogP contribution in [-0.4, -0.2) is 22.9 Å². The average Bonchev–Trinajstić information content (AvgIpc) is 2.98. The first-order chi connectivity index (χ1) is 13.9. The third-order valence-electron chi connectivity index (χ3n) is 5.14. The van der Waals surface area contributed by atoms with Crippen LogP contribution in [0, 0.1) is 0 Å². The number of amides is 4. The number of hydrazine groups is 1. The van der Waals surface area contributed by atoms with Crippen LogP contribution in [0.3, 0.4) is 0 Å². The van der Waals surface area contributed by atoms with Crippen LogP contribution in [0.5, 0.6) is 0 Å². The molecule has 4 amide bonds. The van der Waals surface area contributed by atoms with E-state index in [1.54, 1.807) is 30.3 Å². The molecule has 0 aromatic heterocycles. The predicted molar refractivity (Wildman–Crippen MR) is 111 cm³/mol. The summed E-state index contributed by atoms with van der Waals surface area (Å²) in [4.78, 5) is 37.7. The van der Waals surface area contributed by atoms with Crippen LogP contribution in [0.4, 0.5) is 4.79 Å². The van der Waals surface area contributed by atoms with Crippen LogP contribution < -0.4 is 10.7 Å². The molecule has 0 spiro atoms. The second-order valence-corrected chi connectivity index (χ2v) is 7.33. The van der Waals surface area contributed by atoms with Crippen molar-refractivity contribution in [1.29, 1.82) is 0 Å². The number of nitrogens with one attached hydrogen (secondary N) is 2. The van der Waals surface area contributed by atoms with Gasteiger partial charge in [0.25, 0.3) is 11.8 Å². The van der Waals surface area contributed by atoms with Gasteiger partial charge in [0.1, 0.15) is 5.54 Å². The Morgan fingerprint density at radius 1 is 1.10 bits per heavy atom. The molecule has 3 rings (SSSR count). The first kappa shape index (κ1) is 20.3. The Hall–Kier alpha value is -3.41. The van der Waals surface area contributed by atoms with Crippen molar-refractivity contribution in [3.63, 3.8) is 0 Å². The molecule has 2 aromatic carbocycles. The van der Waals surface area contributed by atoms with Gasteiger partial charge in [-0.15, -0.1) is 0 Å². The van der Waals surface area contributed by atoms with E-state index in [-0.39, 0.29) is 0 Å². The maximum atomic E-state index is 13.0. The van der Waals surface area contributed by atoms with Crippen LogP contribution in [-0.2, 0) is 15.1 Å². The zero-order valence-electron chi connectivity index (χ0n) is 16.8. The van der Waals surface area contributed by atoms with Gasteiger partial charge in [-0.2, -0.15) is 5.01 Å². The van der Waals surface area contributed by atoms with Crippen molar-refractivity contribution >= 4 is 23.9 Å². The van der Waals surface area contributed by atoms with Gasteiger partial charge >= 0.3 is 6.03 Å². The lowest BCUT2D eigenvalue weighted by molar-refractivity contribution is -0.138. The normalized spacial score (nSPS) is 19.1. The molecule has 1 atom stereocenters. The molecule has 1 aliphatic heterocycles. The second-order valence-electron chi connectivity index (χ2n) is 7.33. The van der Waals surface area contributed by atoms with E-state index in [0.29, 0.717) is 17.9 Å². The van der Waals surface area contributed by atoms with Crippen LogP contribution in [0.2, 0.25) is 0 Å². The number of urea groups is 1. The lowest BCUT2D eigenvalue weighted by atomic mass is 9.87. The summed E-state index contributed by atoms with van der Waals surface area (Å²) in [5.74, 6) is -0.625. The summed E-state index contributed by atoms with van der Waals surface area (Å²) >= 11 is 0. The van der Waals surface area contributed by atoms with Gasteiger partial charge in [0.05, 0.1) is 0 Å². The molecule has 6 heteroatoms. The number of carbonyl (C=O) groups is 3. The predicted octanol–water partition coefficient (Wildman–Crippen LogP) is 3.71. The van der Waals surface area contributed by atoms with Crippen LogP contribution in [0.15, 0.2) is 60.7 Å². The molecule has 0 aliphatic carbocycles. The van der Waals surface area contributed by atoms with E-state index in [9.17, 15) is 14.4 Å². The second kappa shape index (κ2) is 8.31. The smallest absolute Gasteiger partial charge is 0.318 e. The zero-order chi connectivity index (χ0) is 21.0. The minimum atomic E-state index is -1.18. The number of hydrogen-bond donors (Lipinski definition) is 2. The third kappa shape index (κ3) is 4.06. The van der Waals surface area contributed by atoms with E-state index in [1.165, 1.54) is 11.6 Å². The number of benzene rings is 2.